The molecule has 0 aromatic carbocycles. The largest absolute Gasteiger partial charge is 0.393 e. The van der Waals surface area contributed by atoms with Crippen LogP contribution in [-0.4, -0.2) is 35.8 Å². The predicted molar refractivity (Wildman–Crippen MR) is 73.6 cm³/mol. The molecule has 0 bridgehead atoms. The molecule has 4 nitrogen and oxygen atoms in total. The number of hydrogen-bond acceptors (Lipinski definition) is 4. The molecule has 18 heavy (non-hydrogen) atoms. The Morgan fingerprint density at radius 3 is 3.11 bits per heavy atom. The average Bonchev–Trinajstić information content (AvgIpc) is 2.86. The van der Waals surface area contributed by atoms with Gasteiger partial charge in [-0.3, -0.25) is 0 Å². The molecular formula is C14H23N3O. The fourth-order valence-electron chi connectivity index (χ4n) is 2.49. The zero-order valence-electron chi connectivity index (χ0n) is 11.3. The summed E-state index contributed by atoms with van der Waals surface area (Å²) in [6, 6.07) is 4.11. The normalized spacial score (nSPS) is 21.3. The van der Waals surface area contributed by atoms with E-state index >= 15 is 0 Å². The highest BCUT2D eigenvalue weighted by molar-refractivity contribution is 5.47. The fourth-order valence-corrected chi connectivity index (χ4v) is 2.49. The third-order valence-corrected chi connectivity index (χ3v) is 3.64. The number of nitrogens with one attached hydrogen (secondary N) is 1. The van der Waals surface area contributed by atoms with Crippen molar-refractivity contribution in [3.63, 3.8) is 0 Å². The van der Waals surface area contributed by atoms with Gasteiger partial charge in [-0.25, -0.2) is 4.98 Å². The van der Waals surface area contributed by atoms with Gasteiger partial charge in [0.05, 0.1) is 6.10 Å². The second-order valence-corrected chi connectivity index (χ2v) is 5.00. The van der Waals surface area contributed by atoms with Crippen LogP contribution in [0, 0.1) is 5.92 Å². The van der Waals surface area contributed by atoms with Gasteiger partial charge in [0.15, 0.2) is 0 Å². The molecule has 0 radical (unpaired) electrons. The Morgan fingerprint density at radius 1 is 1.61 bits per heavy atom. The van der Waals surface area contributed by atoms with Crippen molar-refractivity contribution in [3.8, 4) is 0 Å². The van der Waals surface area contributed by atoms with Gasteiger partial charge in [0.1, 0.15) is 5.82 Å². The van der Waals surface area contributed by atoms with Crippen molar-refractivity contribution in [2.24, 2.45) is 5.92 Å². The van der Waals surface area contributed by atoms with E-state index in [1.54, 1.807) is 0 Å². The first-order chi connectivity index (χ1) is 8.72. The van der Waals surface area contributed by atoms with Gasteiger partial charge >= 0.3 is 0 Å². The van der Waals surface area contributed by atoms with E-state index in [0.717, 1.165) is 38.4 Å². The van der Waals surface area contributed by atoms with E-state index < -0.39 is 0 Å². The van der Waals surface area contributed by atoms with Gasteiger partial charge in [0, 0.05) is 37.3 Å². The molecule has 0 aliphatic carbocycles. The Labute approximate surface area is 109 Å². The molecule has 2 heterocycles. The number of aliphatic hydroxyl groups is 1. The van der Waals surface area contributed by atoms with Crippen LogP contribution < -0.4 is 10.2 Å². The van der Waals surface area contributed by atoms with Gasteiger partial charge in [0.25, 0.3) is 0 Å². The number of aliphatic hydroxyl groups excluding tert-OH is 1. The van der Waals surface area contributed by atoms with Crippen LogP contribution in [0.5, 0.6) is 0 Å². The smallest absolute Gasteiger partial charge is 0.133 e. The van der Waals surface area contributed by atoms with Crippen molar-refractivity contribution in [2.75, 3.05) is 24.5 Å². The lowest BCUT2D eigenvalue weighted by molar-refractivity contribution is 0.136. The highest BCUT2D eigenvalue weighted by atomic mass is 16.3. The summed E-state index contributed by atoms with van der Waals surface area (Å²) < 4.78 is 0. The molecule has 1 aromatic heterocycles. The topological polar surface area (TPSA) is 48.4 Å². The maximum absolute atomic E-state index is 9.67. The second-order valence-electron chi connectivity index (χ2n) is 5.00. The maximum Gasteiger partial charge on any atom is 0.133 e. The van der Waals surface area contributed by atoms with Crippen molar-refractivity contribution >= 4 is 5.82 Å². The van der Waals surface area contributed by atoms with E-state index in [-0.39, 0.29) is 6.10 Å². The molecule has 0 saturated carbocycles. The molecule has 1 aliphatic heterocycles. The molecule has 0 amide bonds. The van der Waals surface area contributed by atoms with Gasteiger partial charge in [-0.2, -0.15) is 0 Å². The van der Waals surface area contributed by atoms with E-state index in [9.17, 15) is 5.11 Å². The number of pyridine rings is 1. The molecule has 4 heteroatoms. The predicted octanol–water partition coefficient (Wildman–Crippen LogP) is 1.40. The van der Waals surface area contributed by atoms with Crippen molar-refractivity contribution < 1.29 is 5.11 Å². The van der Waals surface area contributed by atoms with Crippen molar-refractivity contribution in [1.82, 2.24) is 10.3 Å². The highest BCUT2D eigenvalue weighted by Gasteiger charge is 2.27. The van der Waals surface area contributed by atoms with Crippen LogP contribution in [0.25, 0.3) is 0 Å². The molecule has 1 fully saturated rings. The quantitative estimate of drug-likeness (QED) is 0.828. The summed E-state index contributed by atoms with van der Waals surface area (Å²) in [5.41, 5.74) is 1.24. The molecule has 1 aromatic rings. The minimum absolute atomic E-state index is 0.226. The summed E-state index contributed by atoms with van der Waals surface area (Å²) in [7, 11) is 0. The van der Waals surface area contributed by atoms with Gasteiger partial charge in [0.2, 0.25) is 0 Å². The number of rotatable bonds is 5. The lowest BCUT2D eigenvalue weighted by Gasteiger charge is -2.21. The van der Waals surface area contributed by atoms with E-state index in [4.69, 9.17) is 0 Å². The van der Waals surface area contributed by atoms with Crippen molar-refractivity contribution in [1.29, 1.82) is 0 Å². The Hall–Kier alpha value is -1.13. The molecule has 1 saturated heterocycles. The number of hydrogen-bond donors (Lipinski definition) is 2. The number of nitrogens with zero attached hydrogens (tertiary/aromatic N) is 2. The molecule has 2 atom stereocenters. The zero-order chi connectivity index (χ0) is 13.0. The van der Waals surface area contributed by atoms with Crippen LogP contribution in [0.3, 0.4) is 0 Å². The molecule has 100 valence electrons. The molecule has 0 spiro atoms. The van der Waals surface area contributed by atoms with E-state index in [1.807, 2.05) is 19.2 Å². The third kappa shape index (κ3) is 3.00. The molecule has 2 rings (SSSR count). The SMILES string of the molecule is CCNCc1cccnc1N1CCC(C(C)O)C1. The molecule has 2 unspecified atom stereocenters. The molecule has 2 N–H and O–H groups in total. The van der Waals surface area contributed by atoms with Gasteiger partial charge in [-0.1, -0.05) is 13.0 Å². The maximum atomic E-state index is 9.67. The summed E-state index contributed by atoms with van der Waals surface area (Å²) in [6.45, 7) is 7.71. The Kier molecular flexibility index (Phi) is 4.55. The van der Waals surface area contributed by atoms with Crippen LogP contribution in [0.15, 0.2) is 18.3 Å². The monoisotopic (exact) mass is 249 g/mol. The summed E-state index contributed by atoms with van der Waals surface area (Å²) in [5, 5.41) is 13.0. The van der Waals surface area contributed by atoms with E-state index in [0.29, 0.717) is 5.92 Å². The zero-order valence-corrected chi connectivity index (χ0v) is 11.3. The second kappa shape index (κ2) is 6.16. The summed E-state index contributed by atoms with van der Waals surface area (Å²) in [5.74, 6) is 1.44. The van der Waals surface area contributed by atoms with E-state index in [1.165, 1.54) is 5.56 Å². The van der Waals surface area contributed by atoms with Crippen molar-refractivity contribution in [3.05, 3.63) is 23.9 Å². The Balaban J connectivity index is 2.08. The van der Waals surface area contributed by atoms with Gasteiger partial charge < -0.3 is 15.3 Å². The standard InChI is InChI=1S/C14H23N3O/c1-3-15-9-12-5-4-7-16-14(12)17-8-6-13(10-17)11(2)18/h4-5,7,11,13,15,18H,3,6,8-10H2,1-2H3. The van der Waals surface area contributed by atoms with Crippen LogP contribution >= 0.6 is 0 Å². The van der Waals surface area contributed by atoms with E-state index in [2.05, 4.69) is 28.2 Å². The number of anilines is 1. The summed E-state index contributed by atoms with van der Waals surface area (Å²) >= 11 is 0. The fraction of sp³-hybridized carbons (Fsp3) is 0.643. The average molecular weight is 249 g/mol. The minimum Gasteiger partial charge on any atom is -0.393 e. The van der Waals surface area contributed by atoms with Crippen LogP contribution in [0.4, 0.5) is 5.82 Å². The van der Waals surface area contributed by atoms with Gasteiger partial charge in [-0.15, -0.1) is 0 Å². The van der Waals surface area contributed by atoms with Crippen molar-refractivity contribution in [2.45, 2.75) is 32.9 Å². The van der Waals surface area contributed by atoms with Crippen LogP contribution in [0.2, 0.25) is 0 Å². The highest BCUT2D eigenvalue weighted by Crippen LogP contribution is 2.26. The van der Waals surface area contributed by atoms with Crippen LogP contribution in [0.1, 0.15) is 25.8 Å². The first-order valence-corrected chi connectivity index (χ1v) is 6.80. The molecular weight excluding hydrogens is 226 g/mol. The Morgan fingerprint density at radius 2 is 2.44 bits per heavy atom. The first-order valence-electron chi connectivity index (χ1n) is 6.80. The lowest BCUT2D eigenvalue weighted by Crippen LogP contribution is -2.26. The van der Waals surface area contributed by atoms with Gasteiger partial charge in [-0.05, 0) is 26.0 Å². The number of aromatic nitrogens is 1. The molecule has 1 aliphatic rings. The summed E-state index contributed by atoms with van der Waals surface area (Å²) in [6.07, 6.45) is 2.67. The lowest BCUT2D eigenvalue weighted by atomic mass is 10.0. The first kappa shape index (κ1) is 13.3. The Bertz CT molecular complexity index is 381. The third-order valence-electron chi connectivity index (χ3n) is 3.64. The van der Waals surface area contributed by atoms with Crippen LogP contribution in [-0.2, 0) is 6.54 Å². The minimum atomic E-state index is -0.226. The summed E-state index contributed by atoms with van der Waals surface area (Å²) in [4.78, 5) is 6.81.